The summed E-state index contributed by atoms with van der Waals surface area (Å²) in [7, 11) is 0. The SMILES string of the molecule is NCCCc1cccc(N2C(=O)N(c3ccc(Cl)cc3Cl)Cc3cnc(Nc4ccccc4)nc32)c1. The number of aromatic nitrogens is 2. The summed E-state index contributed by atoms with van der Waals surface area (Å²) in [5.41, 5.74) is 9.70. The number of rotatable bonds is 7. The number of benzene rings is 3. The van der Waals surface area contributed by atoms with Crippen LogP contribution < -0.4 is 20.9 Å². The number of aryl methyl sites for hydroxylation is 1. The summed E-state index contributed by atoms with van der Waals surface area (Å²) in [6.07, 6.45) is 3.41. The van der Waals surface area contributed by atoms with E-state index in [1.807, 2.05) is 54.6 Å². The average molecular weight is 519 g/mol. The molecule has 0 bridgehead atoms. The maximum atomic E-state index is 14.0. The zero-order chi connectivity index (χ0) is 25.1. The number of nitrogens with one attached hydrogen (secondary N) is 1. The lowest BCUT2D eigenvalue weighted by Gasteiger charge is -2.36. The second-order valence-corrected chi connectivity index (χ2v) is 9.24. The fourth-order valence-corrected chi connectivity index (χ4v) is 4.65. The van der Waals surface area contributed by atoms with Crippen molar-refractivity contribution in [3.63, 3.8) is 0 Å². The fourth-order valence-electron chi connectivity index (χ4n) is 4.14. The van der Waals surface area contributed by atoms with E-state index in [9.17, 15) is 4.79 Å². The standard InChI is InChI=1S/C27H24Cl2N6O/c28-20-11-12-24(23(29)15-20)34-17-19-16-31-26(32-21-8-2-1-3-9-21)33-25(19)35(27(34)36)22-10-4-6-18(14-22)7-5-13-30/h1-4,6,8-12,14-16H,5,7,13,17,30H2,(H,31,32,33). The van der Waals surface area contributed by atoms with Crippen molar-refractivity contribution in [3.05, 3.63) is 100 Å². The minimum Gasteiger partial charge on any atom is -0.330 e. The zero-order valence-corrected chi connectivity index (χ0v) is 20.9. The van der Waals surface area contributed by atoms with Gasteiger partial charge in [0, 0.05) is 22.5 Å². The third-order valence-electron chi connectivity index (χ3n) is 5.87. The van der Waals surface area contributed by atoms with Gasteiger partial charge in [0.05, 0.1) is 22.9 Å². The molecular formula is C27H24Cl2N6O. The van der Waals surface area contributed by atoms with Crippen molar-refractivity contribution in [2.24, 2.45) is 5.73 Å². The molecule has 0 fully saturated rings. The molecule has 3 N–H and O–H groups in total. The van der Waals surface area contributed by atoms with Crippen LogP contribution in [0.15, 0.2) is 79.0 Å². The maximum Gasteiger partial charge on any atom is 0.335 e. The van der Waals surface area contributed by atoms with E-state index < -0.39 is 0 Å². The van der Waals surface area contributed by atoms with Gasteiger partial charge < -0.3 is 11.1 Å². The van der Waals surface area contributed by atoms with E-state index in [4.69, 9.17) is 33.9 Å². The highest BCUT2D eigenvalue weighted by atomic mass is 35.5. The van der Waals surface area contributed by atoms with Gasteiger partial charge >= 0.3 is 6.03 Å². The topological polar surface area (TPSA) is 87.4 Å². The molecule has 7 nitrogen and oxygen atoms in total. The van der Waals surface area contributed by atoms with Crippen LogP contribution in [0, 0.1) is 0 Å². The number of carbonyl (C=O) groups excluding carboxylic acids is 1. The van der Waals surface area contributed by atoms with Crippen molar-refractivity contribution in [1.82, 2.24) is 9.97 Å². The Labute approximate surface area is 219 Å². The Bertz CT molecular complexity index is 1400. The third-order valence-corrected chi connectivity index (χ3v) is 6.41. The van der Waals surface area contributed by atoms with Crippen molar-refractivity contribution in [3.8, 4) is 0 Å². The van der Waals surface area contributed by atoms with Crippen molar-refractivity contribution in [2.75, 3.05) is 21.7 Å². The molecule has 5 rings (SSSR count). The summed E-state index contributed by atoms with van der Waals surface area (Å²) in [5, 5.41) is 4.10. The van der Waals surface area contributed by atoms with Gasteiger partial charge in [0.25, 0.3) is 0 Å². The number of nitrogens with zero attached hydrogens (tertiary/aromatic N) is 4. The van der Waals surface area contributed by atoms with Gasteiger partial charge in [0.2, 0.25) is 5.95 Å². The minimum atomic E-state index is -0.271. The number of urea groups is 1. The van der Waals surface area contributed by atoms with Gasteiger partial charge in [-0.05, 0) is 67.4 Å². The van der Waals surface area contributed by atoms with Crippen LogP contribution >= 0.6 is 23.2 Å². The Morgan fingerprint density at radius 1 is 1.00 bits per heavy atom. The van der Waals surface area contributed by atoms with Crippen molar-refractivity contribution in [1.29, 1.82) is 0 Å². The highest BCUT2D eigenvalue weighted by molar-refractivity contribution is 6.37. The van der Waals surface area contributed by atoms with Crippen LogP contribution in [0.5, 0.6) is 0 Å². The molecule has 0 saturated heterocycles. The second kappa shape index (κ2) is 10.5. The van der Waals surface area contributed by atoms with Crippen LogP contribution in [0.1, 0.15) is 17.5 Å². The molecule has 0 aliphatic carbocycles. The number of hydrogen-bond donors (Lipinski definition) is 2. The van der Waals surface area contributed by atoms with Gasteiger partial charge in [-0.15, -0.1) is 0 Å². The van der Waals surface area contributed by atoms with Crippen LogP contribution in [-0.4, -0.2) is 22.5 Å². The molecular weight excluding hydrogens is 495 g/mol. The van der Waals surface area contributed by atoms with Crippen LogP contribution in [0.4, 0.5) is 33.6 Å². The number of hydrogen-bond acceptors (Lipinski definition) is 5. The first-order valence-corrected chi connectivity index (χ1v) is 12.3. The highest BCUT2D eigenvalue weighted by Gasteiger charge is 2.35. The monoisotopic (exact) mass is 518 g/mol. The van der Waals surface area contributed by atoms with E-state index in [1.165, 1.54) is 0 Å². The number of para-hydroxylation sites is 1. The van der Waals surface area contributed by atoms with Crippen molar-refractivity contribution in [2.45, 2.75) is 19.4 Å². The first-order valence-electron chi connectivity index (χ1n) is 11.6. The molecule has 1 aromatic heterocycles. The van der Waals surface area contributed by atoms with Gasteiger partial charge in [0.1, 0.15) is 0 Å². The molecule has 3 aromatic carbocycles. The molecule has 1 aliphatic rings. The molecule has 0 radical (unpaired) electrons. The van der Waals surface area contributed by atoms with E-state index in [0.29, 0.717) is 39.7 Å². The molecule has 9 heteroatoms. The lowest BCUT2D eigenvalue weighted by molar-refractivity contribution is 0.252. The van der Waals surface area contributed by atoms with Gasteiger partial charge in [-0.1, -0.05) is 53.5 Å². The zero-order valence-electron chi connectivity index (χ0n) is 19.4. The van der Waals surface area contributed by atoms with Gasteiger partial charge in [-0.25, -0.2) is 14.7 Å². The fraction of sp³-hybridized carbons (Fsp3) is 0.148. The summed E-state index contributed by atoms with van der Waals surface area (Å²) in [4.78, 5) is 26.5. The Morgan fingerprint density at radius 3 is 2.61 bits per heavy atom. The van der Waals surface area contributed by atoms with Crippen LogP contribution in [0.25, 0.3) is 0 Å². The molecule has 0 saturated carbocycles. The normalized spacial score (nSPS) is 13.0. The quantitative estimate of drug-likeness (QED) is 0.284. The molecule has 36 heavy (non-hydrogen) atoms. The summed E-state index contributed by atoms with van der Waals surface area (Å²) >= 11 is 12.6. The average Bonchev–Trinajstić information content (AvgIpc) is 2.88. The Morgan fingerprint density at radius 2 is 1.83 bits per heavy atom. The van der Waals surface area contributed by atoms with Crippen molar-refractivity contribution < 1.29 is 4.79 Å². The molecule has 0 unspecified atom stereocenters. The number of fused-ring (bicyclic) bond motifs is 1. The van der Waals surface area contributed by atoms with E-state index in [1.54, 1.807) is 34.2 Å². The number of amides is 2. The maximum absolute atomic E-state index is 14.0. The first-order chi connectivity index (χ1) is 17.5. The van der Waals surface area contributed by atoms with Crippen molar-refractivity contribution >= 4 is 58.1 Å². The summed E-state index contributed by atoms with van der Waals surface area (Å²) in [5.74, 6) is 0.917. The van der Waals surface area contributed by atoms with E-state index in [0.717, 1.165) is 29.7 Å². The lowest BCUT2D eigenvalue weighted by Crippen LogP contribution is -2.45. The predicted octanol–water partition coefficient (Wildman–Crippen LogP) is 6.70. The smallest absolute Gasteiger partial charge is 0.330 e. The number of halogens is 2. The molecule has 182 valence electrons. The van der Waals surface area contributed by atoms with Crippen LogP contribution in [0.3, 0.4) is 0 Å². The van der Waals surface area contributed by atoms with E-state index in [-0.39, 0.29) is 12.6 Å². The highest BCUT2D eigenvalue weighted by Crippen LogP contribution is 2.39. The van der Waals surface area contributed by atoms with Gasteiger partial charge in [-0.2, -0.15) is 4.98 Å². The van der Waals surface area contributed by atoms with E-state index >= 15 is 0 Å². The summed E-state index contributed by atoms with van der Waals surface area (Å²) in [6.45, 7) is 0.866. The molecule has 2 heterocycles. The number of carbonyl (C=O) groups is 1. The minimum absolute atomic E-state index is 0.268. The molecule has 0 atom stereocenters. The summed E-state index contributed by atoms with van der Waals surface area (Å²) in [6, 6.07) is 22.3. The van der Waals surface area contributed by atoms with Gasteiger partial charge in [-0.3, -0.25) is 4.90 Å². The lowest BCUT2D eigenvalue weighted by atomic mass is 10.1. The Kier molecular flexibility index (Phi) is 7.04. The van der Waals surface area contributed by atoms with Crippen LogP contribution in [0.2, 0.25) is 10.0 Å². The summed E-state index contributed by atoms with van der Waals surface area (Å²) < 4.78 is 0. The predicted molar refractivity (Wildman–Crippen MR) is 146 cm³/mol. The molecule has 0 spiro atoms. The third kappa shape index (κ3) is 4.99. The first kappa shape index (κ1) is 24.1. The molecule has 1 aliphatic heterocycles. The van der Waals surface area contributed by atoms with Gasteiger partial charge in [0.15, 0.2) is 5.82 Å². The van der Waals surface area contributed by atoms with E-state index in [2.05, 4.69) is 10.3 Å². The largest absolute Gasteiger partial charge is 0.335 e. The molecule has 4 aromatic rings. The number of nitrogens with two attached hydrogens (primary N) is 1. The molecule has 2 amide bonds. The number of anilines is 5. The van der Waals surface area contributed by atoms with Crippen LogP contribution in [-0.2, 0) is 13.0 Å². The Hall–Kier alpha value is -3.65. The second-order valence-electron chi connectivity index (χ2n) is 8.40. The Balaban J connectivity index is 1.59.